The molecule has 0 bridgehead atoms. The van der Waals surface area contributed by atoms with E-state index < -0.39 is 0 Å². The van der Waals surface area contributed by atoms with E-state index in [-0.39, 0.29) is 16.7 Å². The van der Waals surface area contributed by atoms with Crippen LogP contribution in [0.1, 0.15) is 0 Å². The number of nitriles is 3. The number of carbonyl (C=O) groups excluding carboxylic acids is 1. The predicted molar refractivity (Wildman–Crippen MR) is 50.9 cm³/mol. The first kappa shape index (κ1) is 12.1. The minimum absolute atomic E-state index is 0.0776. The first-order chi connectivity index (χ1) is 7.21. The lowest BCUT2D eigenvalue weighted by Crippen LogP contribution is -1.84. The first-order valence-corrected chi connectivity index (χ1v) is 3.57. The number of aldehydes is 1. The van der Waals surface area contributed by atoms with E-state index in [1.54, 1.807) is 24.1 Å². The summed E-state index contributed by atoms with van der Waals surface area (Å²) in [4.78, 5) is 10.5. The van der Waals surface area contributed by atoms with Gasteiger partial charge < -0.3 is 5.41 Å². The van der Waals surface area contributed by atoms with Gasteiger partial charge in [0.25, 0.3) is 0 Å². The fourth-order valence-electron chi connectivity index (χ4n) is 0.622. The fraction of sp³-hybridized carbons (Fsp3) is 0. The van der Waals surface area contributed by atoms with Gasteiger partial charge in [0.05, 0.1) is 5.57 Å². The molecule has 0 aliphatic heterocycles. The summed E-state index contributed by atoms with van der Waals surface area (Å²) in [5.74, 6) is 1.55. The number of nitrogens with zero attached hydrogens (tertiary/aromatic N) is 4. The van der Waals surface area contributed by atoms with Crippen LogP contribution >= 0.6 is 0 Å². The maximum absolute atomic E-state index is 10.5. The van der Waals surface area contributed by atoms with E-state index >= 15 is 0 Å². The van der Waals surface area contributed by atoms with E-state index in [1.807, 2.05) is 0 Å². The molecule has 0 aromatic rings. The van der Waals surface area contributed by atoms with Crippen molar-refractivity contribution in [3.8, 4) is 18.2 Å². The van der Waals surface area contributed by atoms with Crippen LogP contribution in [-0.4, -0.2) is 12.2 Å². The molecular formula is C10H3N4O-. The van der Waals surface area contributed by atoms with Gasteiger partial charge in [-0.1, -0.05) is 0 Å². The van der Waals surface area contributed by atoms with Gasteiger partial charge in [-0.15, -0.1) is 0 Å². The molecule has 15 heavy (non-hydrogen) atoms. The van der Waals surface area contributed by atoms with Gasteiger partial charge in [0.1, 0.15) is 30.1 Å². The summed E-state index contributed by atoms with van der Waals surface area (Å²) in [5.41, 5.74) is -0.627. The molecule has 0 saturated heterocycles. The molecule has 5 heteroatoms. The highest BCUT2D eigenvalue weighted by Gasteiger charge is 1.97. The molecule has 0 amide bonds. The van der Waals surface area contributed by atoms with Gasteiger partial charge in [-0.3, -0.25) is 10.7 Å². The Morgan fingerprint density at radius 2 is 1.67 bits per heavy atom. The van der Waals surface area contributed by atoms with Gasteiger partial charge in [0.2, 0.25) is 0 Å². The van der Waals surface area contributed by atoms with Crippen LogP contribution in [0.3, 0.4) is 0 Å². The van der Waals surface area contributed by atoms with E-state index in [0.29, 0.717) is 6.29 Å². The van der Waals surface area contributed by atoms with Crippen molar-refractivity contribution in [2.75, 3.05) is 0 Å². The van der Waals surface area contributed by atoms with Crippen molar-refractivity contribution in [3.05, 3.63) is 34.3 Å². The molecule has 0 radical (unpaired) electrons. The van der Waals surface area contributed by atoms with Crippen LogP contribution in [0.25, 0.3) is 5.41 Å². The molecule has 70 valence electrons. The standard InChI is InChI=1S/C10H3N4O/c11-3-9(4-12)1-8(7-15)2-10(5-13)6-14/h1-2,7H/q-1/b8-1-. The Balaban J connectivity index is 5.34. The maximum Gasteiger partial charge on any atom is 0.150 e. The van der Waals surface area contributed by atoms with Crippen LogP contribution in [0.2, 0.25) is 0 Å². The summed E-state index contributed by atoms with van der Waals surface area (Å²) in [7, 11) is 0. The summed E-state index contributed by atoms with van der Waals surface area (Å²) in [6.45, 7) is 0. The fourth-order valence-corrected chi connectivity index (χ4v) is 0.622. The number of carbonyl (C=O) groups is 1. The smallest absolute Gasteiger partial charge is 0.150 e. The molecule has 0 N–H and O–H groups in total. The normalized spacial score (nSPS) is 8.47. The van der Waals surface area contributed by atoms with Crippen LogP contribution < -0.4 is 0 Å². The summed E-state index contributed by atoms with van der Waals surface area (Å²) >= 11 is 0. The molecule has 0 aromatic heterocycles. The molecule has 0 rings (SSSR count). The van der Waals surface area contributed by atoms with E-state index in [0.717, 1.165) is 12.2 Å². The van der Waals surface area contributed by atoms with Gasteiger partial charge in [0, 0.05) is 5.57 Å². The number of rotatable bonds is 3. The van der Waals surface area contributed by atoms with Crippen LogP contribution in [0.15, 0.2) is 28.9 Å². The Hall–Kier alpha value is -2.93. The summed E-state index contributed by atoms with van der Waals surface area (Å²) in [6, 6.07) is 4.65. The number of allylic oxidation sites excluding steroid dienone is 5. The molecule has 0 unspecified atom stereocenters. The average molecular weight is 195 g/mol. The lowest BCUT2D eigenvalue weighted by molar-refractivity contribution is -0.104. The van der Waals surface area contributed by atoms with Crippen LogP contribution in [0.5, 0.6) is 0 Å². The van der Waals surface area contributed by atoms with Crippen molar-refractivity contribution in [1.82, 2.24) is 0 Å². The van der Waals surface area contributed by atoms with Crippen molar-refractivity contribution in [1.29, 1.82) is 15.8 Å². The molecular weight excluding hydrogens is 192 g/mol. The van der Waals surface area contributed by atoms with Crippen molar-refractivity contribution >= 4 is 12.2 Å². The highest BCUT2D eigenvalue weighted by atomic mass is 16.1. The maximum atomic E-state index is 10.5. The zero-order valence-corrected chi connectivity index (χ0v) is 7.43. The number of hydrogen-bond donors (Lipinski definition) is 0. The second-order valence-corrected chi connectivity index (χ2v) is 2.18. The zero-order chi connectivity index (χ0) is 11.7. The van der Waals surface area contributed by atoms with Gasteiger partial charge in [-0.25, -0.2) is 0 Å². The lowest BCUT2D eigenvalue weighted by Gasteiger charge is -1.89. The molecule has 0 heterocycles. The van der Waals surface area contributed by atoms with Gasteiger partial charge in [0.15, 0.2) is 0 Å². The minimum Gasteiger partial charge on any atom is -0.762 e. The second-order valence-electron chi connectivity index (χ2n) is 2.18. The monoisotopic (exact) mass is 195 g/mol. The SMILES string of the molecule is N#CC(=C=[N-])/C=C(\C=O)C=C(C#N)C#N. The summed E-state index contributed by atoms with van der Waals surface area (Å²) in [6.07, 6.45) is 2.35. The second kappa shape index (κ2) is 6.57. The van der Waals surface area contributed by atoms with Crippen molar-refractivity contribution < 1.29 is 4.79 Å². The molecule has 0 spiro atoms. The van der Waals surface area contributed by atoms with E-state index in [4.69, 9.17) is 21.2 Å². The summed E-state index contributed by atoms with van der Waals surface area (Å²) < 4.78 is 0. The third-order valence-corrected chi connectivity index (χ3v) is 1.24. The average Bonchev–Trinajstić information content (AvgIpc) is 2.30. The Labute approximate surface area is 86.0 Å². The third kappa shape index (κ3) is 4.01. The first-order valence-electron chi connectivity index (χ1n) is 3.57. The molecule has 0 aliphatic rings. The van der Waals surface area contributed by atoms with Gasteiger partial charge in [-0.2, -0.15) is 15.8 Å². The molecule has 0 fully saturated rings. The quantitative estimate of drug-likeness (QED) is 0.217. The van der Waals surface area contributed by atoms with Gasteiger partial charge >= 0.3 is 0 Å². The summed E-state index contributed by atoms with van der Waals surface area (Å²) in [5, 5.41) is 33.6. The van der Waals surface area contributed by atoms with Crippen molar-refractivity contribution in [3.63, 3.8) is 0 Å². The Morgan fingerprint density at radius 1 is 1.07 bits per heavy atom. The highest BCUT2D eigenvalue weighted by Crippen LogP contribution is 2.02. The minimum atomic E-state index is -0.274. The van der Waals surface area contributed by atoms with Crippen LogP contribution in [0.4, 0.5) is 0 Å². The highest BCUT2D eigenvalue weighted by molar-refractivity contribution is 5.82. The topological polar surface area (TPSA) is 111 Å². The predicted octanol–water partition coefficient (Wildman–Crippen LogP) is 0.774. The van der Waals surface area contributed by atoms with E-state index in [2.05, 4.69) is 0 Å². The Bertz CT molecular complexity index is 483. The third-order valence-electron chi connectivity index (χ3n) is 1.24. The van der Waals surface area contributed by atoms with E-state index in [1.165, 1.54) is 0 Å². The largest absolute Gasteiger partial charge is 0.762 e. The molecule has 0 aromatic carbocycles. The van der Waals surface area contributed by atoms with E-state index in [9.17, 15) is 4.79 Å². The zero-order valence-electron chi connectivity index (χ0n) is 7.43. The van der Waals surface area contributed by atoms with Crippen molar-refractivity contribution in [2.45, 2.75) is 0 Å². The molecule has 0 saturated carbocycles. The molecule has 5 nitrogen and oxygen atoms in total. The van der Waals surface area contributed by atoms with Crippen LogP contribution in [-0.2, 0) is 4.79 Å². The van der Waals surface area contributed by atoms with Crippen molar-refractivity contribution in [2.24, 2.45) is 0 Å². The molecule has 0 atom stereocenters. The van der Waals surface area contributed by atoms with Crippen LogP contribution in [0, 0.1) is 34.0 Å². The molecule has 0 aliphatic carbocycles. The van der Waals surface area contributed by atoms with Gasteiger partial charge in [-0.05, 0) is 12.2 Å². The lowest BCUT2D eigenvalue weighted by atomic mass is 10.1. The Kier molecular flexibility index (Phi) is 5.29. The Morgan fingerprint density at radius 3 is 2.00 bits per heavy atom. The number of hydrogen-bond acceptors (Lipinski definition) is 4.